The SMILES string of the molecule is CCOc1ccc(C(C)c2nc3cc([N+](C)(C(N)=O)C(C)C)ccc3n2CC2CC2)cc1. The predicted molar refractivity (Wildman–Crippen MR) is 130 cm³/mol. The molecule has 1 fully saturated rings. The highest BCUT2D eigenvalue weighted by Gasteiger charge is 2.36. The molecule has 1 saturated carbocycles. The van der Waals surface area contributed by atoms with Gasteiger partial charge in [0.2, 0.25) is 0 Å². The van der Waals surface area contributed by atoms with Crippen molar-refractivity contribution in [2.75, 3.05) is 13.7 Å². The van der Waals surface area contributed by atoms with E-state index in [1.165, 1.54) is 18.4 Å². The lowest BCUT2D eigenvalue weighted by Gasteiger charge is -2.33. The van der Waals surface area contributed by atoms with Crippen molar-refractivity contribution in [3.63, 3.8) is 0 Å². The van der Waals surface area contributed by atoms with Gasteiger partial charge in [0.05, 0.1) is 30.7 Å². The number of carbonyl (C=O) groups is 1. The second-order valence-electron chi connectivity index (χ2n) is 9.43. The number of quaternary nitrogens is 1. The van der Waals surface area contributed by atoms with Crippen molar-refractivity contribution >= 4 is 22.8 Å². The number of imidazole rings is 1. The molecule has 32 heavy (non-hydrogen) atoms. The van der Waals surface area contributed by atoms with Gasteiger partial charge in [-0.25, -0.2) is 14.3 Å². The summed E-state index contributed by atoms with van der Waals surface area (Å²) in [6.45, 7) is 9.87. The van der Waals surface area contributed by atoms with Crippen LogP contribution in [0.2, 0.25) is 0 Å². The summed E-state index contributed by atoms with van der Waals surface area (Å²) < 4.78 is 8.03. The van der Waals surface area contributed by atoms with Crippen LogP contribution in [0.25, 0.3) is 11.0 Å². The third-order valence-corrected chi connectivity index (χ3v) is 7.00. The third-order valence-electron chi connectivity index (χ3n) is 7.00. The first-order chi connectivity index (χ1) is 15.3. The van der Waals surface area contributed by atoms with Crippen LogP contribution in [0, 0.1) is 5.92 Å². The van der Waals surface area contributed by atoms with Gasteiger partial charge >= 0.3 is 6.03 Å². The van der Waals surface area contributed by atoms with Gasteiger partial charge in [-0.15, -0.1) is 0 Å². The summed E-state index contributed by atoms with van der Waals surface area (Å²) >= 11 is 0. The molecule has 0 radical (unpaired) electrons. The zero-order valence-corrected chi connectivity index (χ0v) is 19.8. The van der Waals surface area contributed by atoms with Crippen molar-refractivity contribution in [1.82, 2.24) is 14.0 Å². The average molecular weight is 436 g/mol. The zero-order valence-electron chi connectivity index (χ0n) is 19.8. The number of nitrogens with two attached hydrogens (primary N) is 1. The normalized spacial score (nSPS) is 16.8. The lowest BCUT2D eigenvalue weighted by molar-refractivity contribution is 0.207. The molecule has 1 aliphatic carbocycles. The Morgan fingerprint density at radius 3 is 2.44 bits per heavy atom. The highest BCUT2D eigenvalue weighted by molar-refractivity contribution is 5.89. The Morgan fingerprint density at radius 1 is 1.19 bits per heavy atom. The minimum absolute atomic E-state index is 0.0285. The molecule has 2 aromatic carbocycles. The van der Waals surface area contributed by atoms with E-state index >= 15 is 0 Å². The monoisotopic (exact) mass is 435 g/mol. The Hall–Kier alpha value is -2.86. The Labute approximate surface area is 190 Å². The van der Waals surface area contributed by atoms with Crippen molar-refractivity contribution in [3.05, 3.63) is 53.9 Å². The van der Waals surface area contributed by atoms with Crippen LogP contribution >= 0.6 is 0 Å². The van der Waals surface area contributed by atoms with E-state index in [-0.39, 0.29) is 22.5 Å². The number of primary amides is 1. The first-order valence-corrected chi connectivity index (χ1v) is 11.6. The van der Waals surface area contributed by atoms with Gasteiger partial charge in [-0.2, -0.15) is 0 Å². The molecule has 0 spiro atoms. The molecular weight excluding hydrogens is 400 g/mol. The second-order valence-corrected chi connectivity index (χ2v) is 9.43. The summed E-state index contributed by atoms with van der Waals surface area (Å²) in [6.07, 6.45) is 2.55. The molecule has 2 amide bonds. The van der Waals surface area contributed by atoms with Gasteiger partial charge in [0.25, 0.3) is 0 Å². The number of hydrogen-bond acceptors (Lipinski definition) is 3. The van der Waals surface area contributed by atoms with Gasteiger partial charge in [-0.1, -0.05) is 19.1 Å². The van der Waals surface area contributed by atoms with E-state index in [1.54, 1.807) is 0 Å². The lowest BCUT2D eigenvalue weighted by Crippen LogP contribution is -2.58. The Morgan fingerprint density at radius 2 is 1.88 bits per heavy atom. The third kappa shape index (κ3) is 3.99. The van der Waals surface area contributed by atoms with Crippen LogP contribution < -0.4 is 15.0 Å². The Balaban J connectivity index is 1.78. The summed E-state index contributed by atoms with van der Waals surface area (Å²) in [7, 11) is 1.87. The number of ether oxygens (including phenoxy) is 1. The van der Waals surface area contributed by atoms with Crippen molar-refractivity contribution in [2.24, 2.45) is 11.7 Å². The van der Waals surface area contributed by atoms with E-state index in [1.807, 2.05) is 52.1 Å². The fourth-order valence-electron chi connectivity index (χ4n) is 4.36. The van der Waals surface area contributed by atoms with Gasteiger partial charge in [-0.3, -0.25) is 0 Å². The number of urea groups is 1. The van der Waals surface area contributed by atoms with E-state index < -0.39 is 0 Å². The summed E-state index contributed by atoms with van der Waals surface area (Å²) in [5.41, 5.74) is 9.93. The fourth-order valence-corrected chi connectivity index (χ4v) is 4.36. The van der Waals surface area contributed by atoms with Crippen LogP contribution in [0.5, 0.6) is 5.75 Å². The molecule has 6 heteroatoms. The van der Waals surface area contributed by atoms with Crippen molar-refractivity contribution < 1.29 is 9.53 Å². The maximum atomic E-state index is 12.4. The number of hydrogen-bond donors (Lipinski definition) is 1. The van der Waals surface area contributed by atoms with Gasteiger partial charge in [0.15, 0.2) is 0 Å². The predicted octanol–water partition coefficient (Wildman–Crippen LogP) is 5.42. The number of fused-ring (bicyclic) bond motifs is 1. The topological polar surface area (TPSA) is 70.1 Å². The second kappa shape index (κ2) is 8.58. The molecule has 2 atom stereocenters. The molecule has 4 rings (SSSR count). The smallest absolute Gasteiger partial charge is 0.419 e. The summed E-state index contributed by atoms with van der Waals surface area (Å²) in [5, 5.41) is 0. The van der Waals surface area contributed by atoms with E-state index in [0.717, 1.165) is 40.8 Å². The highest BCUT2D eigenvalue weighted by Crippen LogP contribution is 2.37. The number of benzene rings is 2. The quantitative estimate of drug-likeness (QED) is 0.480. The van der Waals surface area contributed by atoms with Crippen LogP contribution in [0.3, 0.4) is 0 Å². The minimum Gasteiger partial charge on any atom is -0.494 e. The van der Waals surface area contributed by atoms with E-state index in [4.69, 9.17) is 15.5 Å². The molecule has 0 aliphatic heterocycles. The van der Waals surface area contributed by atoms with E-state index in [0.29, 0.717) is 6.61 Å². The molecule has 0 saturated heterocycles. The van der Waals surface area contributed by atoms with Crippen LogP contribution in [0.15, 0.2) is 42.5 Å². The molecule has 1 aromatic heterocycles. The van der Waals surface area contributed by atoms with Gasteiger partial charge < -0.3 is 15.0 Å². The number of aromatic nitrogens is 2. The largest absolute Gasteiger partial charge is 0.494 e. The van der Waals surface area contributed by atoms with Gasteiger partial charge in [0, 0.05) is 24.6 Å². The first kappa shape index (κ1) is 22.3. The summed E-state index contributed by atoms with van der Waals surface area (Å²) in [4.78, 5) is 17.4. The molecule has 1 aliphatic rings. The fraction of sp³-hybridized carbons (Fsp3) is 0.462. The van der Waals surface area contributed by atoms with Crippen LogP contribution in [0.1, 0.15) is 57.8 Å². The Kier molecular flexibility index (Phi) is 5.99. The number of nitrogens with zero attached hydrogens (tertiary/aromatic N) is 3. The molecule has 0 bridgehead atoms. The molecule has 2 N–H and O–H groups in total. The van der Waals surface area contributed by atoms with Crippen LogP contribution in [0.4, 0.5) is 10.5 Å². The van der Waals surface area contributed by atoms with Crippen molar-refractivity contribution in [1.29, 1.82) is 0 Å². The summed E-state index contributed by atoms with van der Waals surface area (Å²) in [6, 6.07) is 14.2. The molecule has 2 unspecified atom stereocenters. The molecule has 1 heterocycles. The minimum atomic E-state index is -0.361. The van der Waals surface area contributed by atoms with Gasteiger partial charge in [0.1, 0.15) is 17.3 Å². The number of amides is 2. The number of rotatable bonds is 8. The average Bonchev–Trinajstić information content (AvgIpc) is 3.52. The van der Waals surface area contributed by atoms with Crippen molar-refractivity contribution in [2.45, 2.75) is 59.0 Å². The van der Waals surface area contributed by atoms with Crippen molar-refractivity contribution in [3.8, 4) is 5.75 Å². The maximum absolute atomic E-state index is 12.4. The lowest BCUT2D eigenvalue weighted by atomic mass is 10.00. The standard InChI is InChI=1S/C26H34N4O2/c1-6-32-22-12-9-20(10-13-22)18(4)25-28-23-15-21(30(5,17(2)3)26(27)31)11-14-24(23)29(25)16-19-7-8-19/h9-15,17-19H,6-8,16H2,1-5H3,(H-,27,31)/p+1. The van der Waals surface area contributed by atoms with E-state index in [2.05, 4.69) is 29.7 Å². The first-order valence-electron chi connectivity index (χ1n) is 11.6. The summed E-state index contributed by atoms with van der Waals surface area (Å²) in [5.74, 6) is 2.81. The van der Waals surface area contributed by atoms with Gasteiger partial charge in [-0.05, 0) is 63.3 Å². The Bertz CT molecular complexity index is 1110. The van der Waals surface area contributed by atoms with Crippen LogP contribution in [-0.2, 0) is 6.54 Å². The highest BCUT2D eigenvalue weighted by atomic mass is 16.5. The number of carbonyl (C=O) groups excluding carboxylic acids is 1. The van der Waals surface area contributed by atoms with Crippen LogP contribution in [-0.4, -0.2) is 35.3 Å². The molecule has 3 aromatic rings. The molecule has 170 valence electrons. The molecule has 6 nitrogen and oxygen atoms in total. The molecular formula is C26H35N4O2+. The zero-order chi connectivity index (χ0) is 23.0. The maximum Gasteiger partial charge on any atom is 0.419 e. The van der Waals surface area contributed by atoms with E-state index in [9.17, 15) is 4.79 Å².